The van der Waals surface area contributed by atoms with Crippen molar-refractivity contribution in [1.82, 2.24) is 10.0 Å². The van der Waals surface area contributed by atoms with Crippen molar-refractivity contribution in [2.24, 2.45) is 0 Å². The minimum Gasteiger partial charge on any atom is -0.390 e. The Kier molecular flexibility index (Phi) is 4.26. The van der Waals surface area contributed by atoms with Gasteiger partial charge in [0.15, 0.2) is 0 Å². The maximum atomic E-state index is 12.3. The zero-order valence-electron chi connectivity index (χ0n) is 11.9. The van der Waals surface area contributed by atoms with Gasteiger partial charge >= 0.3 is 0 Å². The van der Waals surface area contributed by atoms with Crippen molar-refractivity contribution < 1.29 is 13.5 Å². The summed E-state index contributed by atoms with van der Waals surface area (Å²) < 4.78 is 27.2. The van der Waals surface area contributed by atoms with Crippen LogP contribution in [-0.4, -0.2) is 38.8 Å². The Labute approximate surface area is 130 Å². The molecule has 1 aliphatic rings. The molecule has 0 aliphatic carbocycles. The third-order valence-corrected chi connectivity index (χ3v) is 5.27. The third-order valence-electron chi connectivity index (χ3n) is 3.76. The van der Waals surface area contributed by atoms with Gasteiger partial charge in [-0.05, 0) is 23.3 Å². The van der Waals surface area contributed by atoms with Gasteiger partial charge in [-0.25, -0.2) is 13.1 Å². The second-order valence-corrected chi connectivity index (χ2v) is 7.06. The third kappa shape index (κ3) is 3.20. The molecular weight excluding hydrogens is 300 g/mol. The van der Waals surface area contributed by atoms with Crippen LogP contribution in [0.4, 0.5) is 0 Å². The van der Waals surface area contributed by atoms with Crippen molar-refractivity contribution in [2.45, 2.75) is 17.0 Å². The molecule has 0 saturated carbocycles. The fraction of sp³-hybridized carbons (Fsp3) is 0.250. The average molecular weight is 318 g/mol. The lowest BCUT2D eigenvalue weighted by molar-refractivity contribution is 0.173. The molecule has 3 N–H and O–H groups in total. The molecule has 3 rings (SSSR count). The van der Waals surface area contributed by atoms with E-state index in [2.05, 4.69) is 10.0 Å². The lowest BCUT2D eigenvalue weighted by Crippen LogP contribution is -2.42. The van der Waals surface area contributed by atoms with Crippen molar-refractivity contribution in [1.29, 1.82) is 0 Å². The molecule has 116 valence electrons. The van der Waals surface area contributed by atoms with Gasteiger partial charge in [0.2, 0.25) is 10.0 Å². The van der Waals surface area contributed by atoms with Crippen molar-refractivity contribution in [2.75, 3.05) is 13.1 Å². The molecule has 0 unspecified atom stereocenters. The molecule has 5 nitrogen and oxygen atoms in total. The van der Waals surface area contributed by atoms with E-state index in [-0.39, 0.29) is 4.90 Å². The van der Waals surface area contributed by atoms with E-state index >= 15 is 0 Å². The predicted molar refractivity (Wildman–Crippen MR) is 84.9 cm³/mol. The van der Waals surface area contributed by atoms with Gasteiger partial charge in [-0.3, -0.25) is 0 Å². The van der Waals surface area contributed by atoms with Crippen LogP contribution in [0.15, 0.2) is 59.5 Å². The molecule has 0 amide bonds. The van der Waals surface area contributed by atoms with Crippen molar-refractivity contribution in [3.63, 3.8) is 0 Å². The van der Waals surface area contributed by atoms with Gasteiger partial charge in [-0.1, -0.05) is 42.5 Å². The molecule has 0 spiro atoms. The molecule has 1 fully saturated rings. The molecule has 0 aromatic heterocycles. The molecular formula is C16H18N2O3S. The Morgan fingerprint density at radius 1 is 0.955 bits per heavy atom. The fourth-order valence-corrected chi connectivity index (χ4v) is 3.78. The summed E-state index contributed by atoms with van der Waals surface area (Å²) in [6, 6.07) is 16.0. The number of aliphatic hydroxyl groups excluding tert-OH is 1. The van der Waals surface area contributed by atoms with Crippen LogP contribution in [0.5, 0.6) is 0 Å². The Balaban J connectivity index is 1.80. The summed E-state index contributed by atoms with van der Waals surface area (Å²) in [7, 11) is -3.63. The summed E-state index contributed by atoms with van der Waals surface area (Å²) in [6.07, 6.45) is -0.696. The summed E-state index contributed by atoms with van der Waals surface area (Å²) in [6.45, 7) is 0.836. The van der Waals surface area contributed by atoms with Gasteiger partial charge in [0, 0.05) is 13.1 Å². The number of aliphatic hydroxyl groups is 1. The van der Waals surface area contributed by atoms with E-state index in [0.29, 0.717) is 13.1 Å². The summed E-state index contributed by atoms with van der Waals surface area (Å²) in [5.41, 5.74) is 2.00. The second kappa shape index (κ2) is 6.18. The molecule has 22 heavy (non-hydrogen) atoms. The standard InChI is InChI=1S/C16H18N2O3S/c19-16-11-17-10-15(16)18-22(20,21)14-8-6-13(7-9-14)12-4-2-1-3-5-12/h1-9,15-19H,10-11H2/t15-,16-/m1/s1. The van der Waals surface area contributed by atoms with Crippen LogP contribution in [0.3, 0.4) is 0 Å². The van der Waals surface area contributed by atoms with Crippen LogP contribution >= 0.6 is 0 Å². The van der Waals surface area contributed by atoms with Gasteiger partial charge in [0.25, 0.3) is 0 Å². The van der Waals surface area contributed by atoms with Gasteiger partial charge < -0.3 is 10.4 Å². The van der Waals surface area contributed by atoms with E-state index in [1.807, 2.05) is 30.3 Å². The largest absolute Gasteiger partial charge is 0.390 e. The summed E-state index contributed by atoms with van der Waals surface area (Å²) >= 11 is 0. The number of benzene rings is 2. The highest BCUT2D eigenvalue weighted by molar-refractivity contribution is 7.89. The second-order valence-electron chi connectivity index (χ2n) is 5.34. The van der Waals surface area contributed by atoms with Crippen LogP contribution in [0, 0.1) is 0 Å². The molecule has 2 aromatic carbocycles. The first-order valence-electron chi connectivity index (χ1n) is 7.13. The predicted octanol–water partition coefficient (Wildman–Crippen LogP) is 0.965. The van der Waals surface area contributed by atoms with Crippen molar-refractivity contribution >= 4 is 10.0 Å². The Morgan fingerprint density at radius 3 is 2.18 bits per heavy atom. The monoisotopic (exact) mass is 318 g/mol. The SMILES string of the molecule is O=S(=O)(N[C@@H]1CNC[C@H]1O)c1ccc(-c2ccccc2)cc1. The normalized spacial score (nSPS) is 21.9. The number of nitrogens with one attached hydrogen (secondary N) is 2. The van der Waals surface area contributed by atoms with Gasteiger partial charge in [-0.2, -0.15) is 0 Å². The number of rotatable bonds is 4. The maximum Gasteiger partial charge on any atom is 0.240 e. The van der Waals surface area contributed by atoms with E-state index in [1.54, 1.807) is 24.3 Å². The van der Waals surface area contributed by atoms with Crippen LogP contribution in [0.25, 0.3) is 11.1 Å². The molecule has 0 bridgehead atoms. The molecule has 6 heteroatoms. The van der Waals surface area contributed by atoms with Gasteiger partial charge in [0.05, 0.1) is 17.0 Å². The Morgan fingerprint density at radius 2 is 1.59 bits per heavy atom. The first-order chi connectivity index (χ1) is 10.6. The number of β-amino-alcohol motifs (C(OH)–C–C–N with tert-alkyl or cyclic N) is 1. The van der Waals surface area contributed by atoms with Gasteiger partial charge in [0.1, 0.15) is 0 Å². The summed E-state index contributed by atoms with van der Waals surface area (Å²) in [5, 5.41) is 12.7. The Hall–Kier alpha value is -1.73. The van der Waals surface area contributed by atoms with E-state index in [4.69, 9.17) is 0 Å². The van der Waals surface area contributed by atoms with Crippen molar-refractivity contribution in [3.05, 3.63) is 54.6 Å². The highest BCUT2D eigenvalue weighted by Gasteiger charge is 2.29. The van der Waals surface area contributed by atoms with Crippen LogP contribution < -0.4 is 10.0 Å². The minimum absolute atomic E-state index is 0.200. The fourth-order valence-electron chi connectivity index (χ4n) is 2.51. The topological polar surface area (TPSA) is 78.4 Å². The number of sulfonamides is 1. The zero-order chi connectivity index (χ0) is 15.6. The minimum atomic E-state index is -3.63. The lowest BCUT2D eigenvalue weighted by Gasteiger charge is -2.15. The highest BCUT2D eigenvalue weighted by atomic mass is 32.2. The van der Waals surface area contributed by atoms with Crippen LogP contribution in [0.2, 0.25) is 0 Å². The van der Waals surface area contributed by atoms with E-state index in [0.717, 1.165) is 11.1 Å². The quantitative estimate of drug-likeness (QED) is 0.785. The molecule has 1 aliphatic heterocycles. The van der Waals surface area contributed by atoms with Crippen LogP contribution in [-0.2, 0) is 10.0 Å². The van der Waals surface area contributed by atoms with Crippen LogP contribution in [0.1, 0.15) is 0 Å². The molecule has 0 radical (unpaired) electrons. The zero-order valence-corrected chi connectivity index (χ0v) is 12.8. The maximum absolute atomic E-state index is 12.3. The number of hydrogen-bond donors (Lipinski definition) is 3. The molecule has 2 aromatic rings. The summed E-state index contributed by atoms with van der Waals surface area (Å²) in [5.74, 6) is 0. The van der Waals surface area contributed by atoms with E-state index < -0.39 is 22.2 Å². The first kappa shape index (κ1) is 15.2. The smallest absolute Gasteiger partial charge is 0.240 e. The highest BCUT2D eigenvalue weighted by Crippen LogP contribution is 2.21. The van der Waals surface area contributed by atoms with E-state index in [9.17, 15) is 13.5 Å². The van der Waals surface area contributed by atoms with Crippen molar-refractivity contribution in [3.8, 4) is 11.1 Å². The average Bonchev–Trinajstić information content (AvgIpc) is 2.93. The Bertz CT molecular complexity index is 730. The molecule has 1 heterocycles. The number of hydrogen-bond acceptors (Lipinski definition) is 4. The summed E-state index contributed by atoms with van der Waals surface area (Å²) in [4.78, 5) is 0.200. The van der Waals surface area contributed by atoms with Gasteiger partial charge in [-0.15, -0.1) is 0 Å². The molecule has 2 atom stereocenters. The lowest BCUT2D eigenvalue weighted by atomic mass is 10.1. The first-order valence-corrected chi connectivity index (χ1v) is 8.61. The molecule has 1 saturated heterocycles. The van der Waals surface area contributed by atoms with E-state index in [1.165, 1.54) is 0 Å².